The van der Waals surface area contributed by atoms with Crippen LogP contribution in [0.1, 0.15) is 12.0 Å². The summed E-state index contributed by atoms with van der Waals surface area (Å²) in [5.41, 5.74) is 1.15. The first-order chi connectivity index (χ1) is 8.90. The minimum Gasteiger partial charge on any atom is -0.496 e. The fourth-order valence-electron chi connectivity index (χ4n) is 2.22. The van der Waals surface area contributed by atoms with Gasteiger partial charge in [-0.15, -0.1) is 0 Å². The van der Waals surface area contributed by atoms with E-state index in [1.54, 1.807) is 7.11 Å². The molecule has 0 atom stereocenters. The van der Waals surface area contributed by atoms with Crippen molar-refractivity contribution in [3.63, 3.8) is 0 Å². The van der Waals surface area contributed by atoms with Crippen molar-refractivity contribution in [2.75, 3.05) is 39.8 Å². The summed E-state index contributed by atoms with van der Waals surface area (Å²) >= 11 is 0. The summed E-state index contributed by atoms with van der Waals surface area (Å²) in [6.07, 6.45) is 5.61. The Morgan fingerprint density at radius 3 is 3.06 bits per heavy atom. The predicted molar refractivity (Wildman–Crippen MR) is 76.0 cm³/mol. The van der Waals surface area contributed by atoms with Gasteiger partial charge in [0.25, 0.3) is 0 Å². The first kappa shape index (κ1) is 13.1. The molecule has 0 saturated carbocycles. The second-order valence-electron chi connectivity index (χ2n) is 4.55. The van der Waals surface area contributed by atoms with E-state index in [1.165, 1.54) is 13.0 Å². The van der Waals surface area contributed by atoms with Crippen LogP contribution in [-0.4, -0.2) is 44.7 Å². The Labute approximate surface area is 109 Å². The van der Waals surface area contributed by atoms with Crippen LogP contribution in [0, 0.1) is 0 Å². The highest BCUT2D eigenvalue weighted by Crippen LogP contribution is 2.18. The van der Waals surface area contributed by atoms with Gasteiger partial charge in [-0.2, -0.15) is 0 Å². The third-order valence-corrected chi connectivity index (χ3v) is 3.23. The Bertz CT molecular complexity index is 382. The van der Waals surface area contributed by atoms with Crippen molar-refractivity contribution < 1.29 is 4.74 Å². The fraction of sp³-hybridized carbons (Fsp3) is 0.467. The summed E-state index contributed by atoms with van der Waals surface area (Å²) in [6.45, 7) is 5.58. The van der Waals surface area contributed by atoms with E-state index in [4.69, 9.17) is 4.74 Å². The zero-order valence-electron chi connectivity index (χ0n) is 11.1. The topological polar surface area (TPSA) is 24.5 Å². The van der Waals surface area contributed by atoms with Gasteiger partial charge < -0.3 is 10.1 Å². The van der Waals surface area contributed by atoms with Crippen molar-refractivity contribution in [3.05, 3.63) is 35.9 Å². The molecule has 98 valence electrons. The van der Waals surface area contributed by atoms with Gasteiger partial charge in [0, 0.05) is 25.2 Å². The smallest absolute Gasteiger partial charge is 0.126 e. The highest BCUT2D eigenvalue weighted by molar-refractivity contribution is 5.57. The number of rotatable bonds is 4. The van der Waals surface area contributed by atoms with Crippen LogP contribution >= 0.6 is 0 Å². The van der Waals surface area contributed by atoms with Crippen LogP contribution in [0.2, 0.25) is 0 Å². The fourth-order valence-corrected chi connectivity index (χ4v) is 2.22. The molecule has 1 saturated heterocycles. The molecule has 0 aliphatic carbocycles. The maximum Gasteiger partial charge on any atom is 0.126 e. The SMILES string of the molecule is COc1ccccc1/C=C/CN1CCCNCC1. The van der Waals surface area contributed by atoms with E-state index in [-0.39, 0.29) is 0 Å². The number of ether oxygens (including phenoxy) is 1. The zero-order chi connectivity index (χ0) is 12.6. The van der Waals surface area contributed by atoms with Gasteiger partial charge in [-0.25, -0.2) is 0 Å². The lowest BCUT2D eigenvalue weighted by Gasteiger charge is -2.16. The molecule has 2 rings (SSSR count). The molecule has 0 unspecified atom stereocenters. The Morgan fingerprint density at radius 1 is 1.28 bits per heavy atom. The summed E-state index contributed by atoms with van der Waals surface area (Å²) < 4.78 is 5.33. The standard InChI is InChI=1S/C15H22N2O/c1-18-15-8-3-2-6-14(15)7-4-11-17-12-5-9-16-10-13-17/h2-4,6-8,16H,5,9-13H2,1H3/b7-4+. The molecule has 0 amide bonds. The first-order valence-corrected chi connectivity index (χ1v) is 6.63. The minimum atomic E-state index is 0.936. The second kappa shape index (κ2) is 7.19. The molecular formula is C15H22N2O. The number of hydrogen-bond acceptors (Lipinski definition) is 3. The van der Waals surface area contributed by atoms with Gasteiger partial charge >= 0.3 is 0 Å². The minimum absolute atomic E-state index is 0.936. The molecule has 1 aromatic carbocycles. The molecule has 0 radical (unpaired) electrons. The maximum atomic E-state index is 5.33. The third-order valence-electron chi connectivity index (χ3n) is 3.23. The number of nitrogens with zero attached hydrogens (tertiary/aromatic N) is 1. The number of nitrogens with one attached hydrogen (secondary N) is 1. The summed E-state index contributed by atoms with van der Waals surface area (Å²) in [6, 6.07) is 8.11. The number of benzene rings is 1. The molecule has 18 heavy (non-hydrogen) atoms. The van der Waals surface area contributed by atoms with Crippen LogP contribution in [0.15, 0.2) is 30.3 Å². The summed E-state index contributed by atoms with van der Waals surface area (Å²) in [5.74, 6) is 0.936. The van der Waals surface area contributed by atoms with E-state index in [1.807, 2.05) is 18.2 Å². The Balaban J connectivity index is 1.90. The van der Waals surface area contributed by atoms with Crippen molar-refractivity contribution in [1.82, 2.24) is 10.2 Å². The van der Waals surface area contributed by atoms with Crippen LogP contribution in [-0.2, 0) is 0 Å². The van der Waals surface area contributed by atoms with Crippen LogP contribution in [0.3, 0.4) is 0 Å². The Kier molecular flexibility index (Phi) is 5.24. The maximum absolute atomic E-state index is 5.33. The van der Waals surface area contributed by atoms with Crippen molar-refractivity contribution in [1.29, 1.82) is 0 Å². The summed E-state index contributed by atoms with van der Waals surface area (Å²) in [7, 11) is 1.72. The molecule has 1 N–H and O–H groups in total. The van der Waals surface area contributed by atoms with Crippen LogP contribution in [0.4, 0.5) is 0 Å². The number of methoxy groups -OCH3 is 1. The monoisotopic (exact) mass is 246 g/mol. The zero-order valence-corrected chi connectivity index (χ0v) is 11.1. The lowest BCUT2D eigenvalue weighted by atomic mass is 10.2. The van der Waals surface area contributed by atoms with Gasteiger partial charge in [-0.3, -0.25) is 4.90 Å². The Hall–Kier alpha value is -1.32. The van der Waals surface area contributed by atoms with Crippen molar-refractivity contribution in [2.24, 2.45) is 0 Å². The molecule has 3 nitrogen and oxygen atoms in total. The third kappa shape index (κ3) is 3.86. The van der Waals surface area contributed by atoms with E-state index in [0.717, 1.165) is 37.5 Å². The molecule has 1 heterocycles. The molecule has 0 spiro atoms. The van der Waals surface area contributed by atoms with Crippen molar-refractivity contribution in [2.45, 2.75) is 6.42 Å². The first-order valence-electron chi connectivity index (χ1n) is 6.63. The molecule has 0 bridgehead atoms. The molecule has 1 fully saturated rings. The van der Waals surface area contributed by atoms with Gasteiger partial charge in [0.05, 0.1) is 7.11 Å². The predicted octanol–water partition coefficient (Wildman–Crippen LogP) is 2.00. The largest absolute Gasteiger partial charge is 0.496 e. The lowest BCUT2D eigenvalue weighted by Crippen LogP contribution is -2.28. The molecule has 1 aromatic rings. The molecule has 3 heteroatoms. The van der Waals surface area contributed by atoms with Crippen molar-refractivity contribution in [3.8, 4) is 5.75 Å². The van der Waals surface area contributed by atoms with Gasteiger partial charge in [-0.05, 0) is 25.6 Å². The summed E-state index contributed by atoms with van der Waals surface area (Å²) in [5, 5.41) is 3.42. The van der Waals surface area contributed by atoms with E-state index >= 15 is 0 Å². The van der Waals surface area contributed by atoms with Gasteiger partial charge in [0.1, 0.15) is 5.75 Å². The Morgan fingerprint density at radius 2 is 2.17 bits per heavy atom. The summed E-state index contributed by atoms with van der Waals surface area (Å²) in [4.78, 5) is 2.48. The van der Waals surface area contributed by atoms with Crippen LogP contribution in [0.5, 0.6) is 5.75 Å². The van der Waals surface area contributed by atoms with Crippen LogP contribution in [0.25, 0.3) is 6.08 Å². The highest BCUT2D eigenvalue weighted by atomic mass is 16.5. The van der Waals surface area contributed by atoms with Gasteiger partial charge in [-0.1, -0.05) is 30.4 Å². The average Bonchev–Trinajstić information content (AvgIpc) is 2.68. The van der Waals surface area contributed by atoms with E-state index in [0.29, 0.717) is 0 Å². The number of para-hydroxylation sites is 1. The van der Waals surface area contributed by atoms with E-state index in [2.05, 4.69) is 28.4 Å². The molecule has 1 aliphatic heterocycles. The average molecular weight is 246 g/mol. The highest BCUT2D eigenvalue weighted by Gasteiger charge is 2.06. The van der Waals surface area contributed by atoms with E-state index < -0.39 is 0 Å². The lowest BCUT2D eigenvalue weighted by molar-refractivity contribution is 0.324. The van der Waals surface area contributed by atoms with E-state index in [9.17, 15) is 0 Å². The molecule has 0 aromatic heterocycles. The quantitative estimate of drug-likeness (QED) is 0.879. The normalized spacial score (nSPS) is 17.8. The van der Waals surface area contributed by atoms with Gasteiger partial charge in [0.15, 0.2) is 0 Å². The molecular weight excluding hydrogens is 224 g/mol. The van der Waals surface area contributed by atoms with Gasteiger partial charge in [0.2, 0.25) is 0 Å². The van der Waals surface area contributed by atoms with Crippen molar-refractivity contribution >= 4 is 6.08 Å². The van der Waals surface area contributed by atoms with Crippen LogP contribution < -0.4 is 10.1 Å². The second-order valence-corrected chi connectivity index (χ2v) is 4.55. The molecule has 1 aliphatic rings. The number of hydrogen-bond donors (Lipinski definition) is 1.